The number of hydrogen-bond acceptors (Lipinski definition) is 5. The summed E-state index contributed by atoms with van der Waals surface area (Å²) in [7, 11) is 0. The molecule has 3 aromatic carbocycles. The van der Waals surface area contributed by atoms with Crippen molar-refractivity contribution in [2.45, 2.75) is 13.8 Å². The van der Waals surface area contributed by atoms with Crippen molar-refractivity contribution in [3.8, 4) is 0 Å². The van der Waals surface area contributed by atoms with Crippen LogP contribution < -0.4 is 10.2 Å². The van der Waals surface area contributed by atoms with Crippen molar-refractivity contribution in [1.82, 2.24) is 0 Å². The summed E-state index contributed by atoms with van der Waals surface area (Å²) in [6, 6.07) is 18.2. The fourth-order valence-corrected chi connectivity index (χ4v) is 3.65. The van der Waals surface area contributed by atoms with E-state index in [1.54, 1.807) is 36.4 Å². The molecule has 32 heavy (non-hydrogen) atoms. The number of carbonyl (C=O) groups is 4. The molecule has 0 aliphatic carbocycles. The van der Waals surface area contributed by atoms with Crippen LogP contribution in [0.4, 0.5) is 11.4 Å². The number of benzene rings is 3. The lowest BCUT2D eigenvalue weighted by molar-refractivity contribution is -0.119. The van der Waals surface area contributed by atoms with Gasteiger partial charge in [0.05, 0.1) is 22.4 Å². The van der Waals surface area contributed by atoms with Gasteiger partial charge in [0.15, 0.2) is 6.61 Å². The number of esters is 1. The minimum absolute atomic E-state index is 0.123. The van der Waals surface area contributed by atoms with E-state index in [0.29, 0.717) is 16.8 Å². The van der Waals surface area contributed by atoms with Gasteiger partial charge in [-0.05, 0) is 67.4 Å². The van der Waals surface area contributed by atoms with Gasteiger partial charge in [0.2, 0.25) is 0 Å². The molecular formula is C25H20N2O5. The zero-order valence-corrected chi connectivity index (χ0v) is 17.5. The molecule has 0 fully saturated rings. The number of imide groups is 1. The van der Waals surface area contributed by atoms with E-state index in [0.717, 1.165) is 16.0 Å². The van der Waals surface area contributed by atoms with Gasteiger partial charge in [0, 0.05) is 5.69 Å². The van der Waals surface area contributed by atoms with Crippen LogP contribution in [0, 0.1) is 13.8 Å². The number of rotatable bonds is 5. The third-order valence-corrected chi connectivity index (χ3v) is 4.97. The van der Waals surface area contributed by atoms with E-state index in [1.165, 1.54) is 12.1 Å². The Morgan fingerprint density at radius 3 is 2.09 bits per heavy atom. The van der Waals surface area contributed by atoms with Crippen LogP contribution >= 0.6 is 0 Å². The number of anilines is 2. The van der Waals surface area contributed by atoms with Crippen molar-refractivity contribution in [2.75, 3.05) is 16.8 Å². The standard InChI is InChI=1S/C25H20N2O5/c1-15-10-16(2)12-18(11-15)26-22(28)14-32-25(31)17-6-5-7-19(13-17)27-23(29)20-8-3-4-9-21(20)24(27)30/h3-13H,14H2,1-2H3,(H,26,28). The molecule has 0 saturated carbocycles. The Labute approximate surface area is 184 Å². The summed E-state index contributed by atoms with van der Waals surface area (Å²) in [6.45, 7) is 3.37. The third kappa shape index (κ3) is 4.13. The first-order chi connectivity index (χ1) is 15.3. The number of nitrogens with zero attached hydrogens (tertiary/aromatic N) is 1. The van der Waals surface area contributed by atoms with Crippen molar-refractivity contribution < 1.29 is 23.9 Å². The van der Waals surface area contributed by atoms with Gasteiger partial charge in [-0.15, -0.1) is 0 Å². The van der Waals surface area contributed by atoms with Crippen molar-refractivity contribution in [3.63, 3.8) is 0 Å². The monoisotopic (exact) mass is 428 g/mol. The van der Waals surface area contributed by atoms with E-state index >= 15 is 0 Å². The molecule has 0 bridgehead atoms. The maximum absolute atomic E-state index is 12.7. The van der Waals surface area contributed by atoms with Crippen molar-refractivity contribution in [3.05, 3.63) is 94.5 Å². The van der Waals surface area contributed by atoms with E-state index in [9.17, 15) is 19.2 Å². The van der Waals surface area contributed by atoms with Crippen LogP contribution in [0.25, 0.3) is 0 Å². The maximum Gasteiger partial charge on any atom is 0.338 e. The number of fused-ring (bicyclic) bond motifs is 1. The van der Waals surface area contributed by atoms with Crippen LogP contribution in [0.5, 0.6) is 0 Å². The highest BCUT2D eigenvalue weighted by molar-refractivity contribution is 6.34. The van der Waals surface area contributed by atoms with Gasteiger partial charge in [0.1, 0.15) is 0 Å². The highest BCUT2D eigenvalue weighted by Gasteiger charge is 2.36. The zero-order valence-electron chi connectivity index (χ0n) is 17.5. The number of carbonyl (C=O) groups excluding carboxylic acids is 4. The Hall–Kier alpha value is -4.26. The Bertz CT molecular complexity index is 1210. The molecule has 0 saturated heterocycles. The molecule has 0 unspecified atom stereocenters. The molecular weight excluding hydrogens is 408 g/mol. The Morgan fingerprint density at radius 2 is 1.47 bits per heavy atom. The highest BCUT2D eigenvalue weighted by Crippen LogP contribution is 2.28. The summed E-state index contributed by atoms with van der Waals surface area (Å²) < 4.78 is 5.12. The summed E-state index contributed by atoms with van der Waals surface area (Å²) in [5, 5.41) is 2.69. The highest BCUT2D eigenvalue weighted by atomic mass is 16.5. The SMILES string of the molecule is Cc1cc(C)cc(NC(=O)COC(=O)c2cccc(N3C(=O)c4ccccc4C3=O)c2)c1. The van der Waals surface area contributed by atoms with Crippen molar-refractivity contribution in [2.24, 2.45) is 0 Å². The maximum atomic E-state index is 12.7. The Balaban J connectivity index is 1.43. The lowest BCUT2D eigenvalue weighted by Gasteiger charge is -2.15. The van der Waals surface area contributed by atoms with E-state index in [2.05, 4.69) is 5.32 Å². The molecule has 3 amide bonds. The molecule has 1 N–H and O–H groups in total. The van der Waals surface area contributed by atoms with Gasteiger partial charge in [-0.3, -0.25) is 14.4 Å². The second-order valence-corrected chi connectivity index (χ2v) is 7.54. The smallest absolute Gasteiger partial charge is 0.338 e. The molecule has 0 spiro atoms. The minimum atomic E-state index is -0.737. The van der Waals surface area contributed by atoms with Gasteiger partial charge in [-0.25, -0.2) is 9.69 Å². The molecule has 7 nitrogen and oxygen atoms in total. The first-order valence-electron chi connectivity index (χ1n) is 9.96. The first kappa shape index (κ1) is 21.0. The molecule has 4 rings (SSSR count). The largest absolute Gasteiger partial charge is 0.452 e. The second kappa shape index (κ2) is 8.47. The normalized spacial score (nSPS) is 12.5. The van der Waals surface area contributed by atoms with Crippen LogP contribution in [0.1, 0.15) is 42.2 Å². The molecule has 0 aromatic heterocycles. The first-order valence-corrected chi connectivity index (χ1v) is 9.96. The van der Waals surface area contributed by atoms with Gasteiger partial charge in [-0.1, -0.05) is 24.3 Å². The average Bonchev–Trinajstić information content (AvgIpc) is 3.02. The van der Waals surface area contributed by atoms with Gasteiger partial charge in [0.25, 0.3) is 17.7 Å². The Morgan fingerprint density at radius 1 is 0.844 bits per heavy atom. The molecule has 0 radical (unpaired) electrons. The number of amides is 3. The molecule has 160 valence electrons. The number of nitrogens with one attached hydrogen (secondary N) is 1. The number of ether oxygens (including phenoxy) is 1. The summed E-state index contributed by atoms with van der Waals surface area (Å²) >= 11 is 0. The minimum Gasteiger partial charge on any atom is -0.452 e. The van der Waals surface area contributed by atoms with E-state index < -0.39 is 30.3 Å². The lowest BCUT2D eigenvalue weighted by atomic mass is 10.1. The van der Waals surface area contributed by atoms with Gasteiger partial charge >= 0.3 is 5.97 Å². The quantitative estimate of drug-likeness (QED) is 0.492. The van der Waals surface area contributed by atoms with Crippen LogP contribution in [-0.2, 0) is 9.53 Å². The van der Waals surface area contributed by atoms with E-state index in [-0.39, 0.29) is 11.3 Å². The third-order valence-electron chi connectivity index (χ3n) is 4.97. The molecule has 7 heteroatoms. The molecule has 1 heterocycles. The van der Waals surface area contributed by atoms with Gasteiger partial charge in [-0.2, -0.15) is 0 Å². The van der Waals surface area contributed by atoms with Crippen LogP contribution in [0.15, 0.2) is 66.7 Å². The number of aryl methyl sites for hydroxylation is 2. The Kier molecular flexibility index (Phi) is 5.55. The van der Waals surface area contributed by atoms with Gasteiger partial charge < -0.3 is 10.1 Å². The second-order valence-electron chi connectivity index (χ2n) is 7.54. The summed E-state index contributed by atoms with van der Waals surface area (Å²) in [4.78, 5) is 51.0. The van der Waals surface area contributed by atoms with Crippen LogP contribution in [-0.4, -0.2) is 30.3 Å². The summed E-state index contributed by atoms with van der Waals surface area (Å²) in [5.74, 6) is -2.12. The average molecular weight is 428 g/mol. The zero-order chi connectivity index (χ0) is 22.8. The fraction of sp³-hybridized carbons (Fsp3) is 0.120. The number of hydrogen-bond donors (Lipinski definition) is 1. The lowest BCUT2D eigenvalue weighted by Crippen LogP contribution is -2.29. The summed E-state index contributed by atoms with van der Waals surface area (Å²) in [6.07, 6.45) is 0. The fourth-order valence-electron chi connectivity index (χ4n) is 3.65. The van der Waals surface area contributed by atoms with Crippen LogP contribution in [0.3, 0.4) is 0 Å². The van der Waals surface area contributed by atoms with E-state index in [4.69, 9.17) is 4.74 Å². The molecule has 1 aliphatic heterocycles. The van der Waals surface area contributed by atoms with Crippen LogP contribution in [0.2, 0.25) is 0 Å². The molecule has 3 aromatic rings. The predicted molar refractivity (Wildman–Crippen MR) is 119 cm³/mol. The molecule has 1 aliphatic rings. The van der Waals surface area contributed by atoms with E-state index in [1.807, 2.05) is 32.0 Å². The summed E-state index contributed by atoms with van der Waals surface area (Å²) in [5.41, 5.74) is 3.63. The van der Waals surface area contributed by atoms with Crippen molar-refractivity contribution >= 4 is 35.1 Å². The molecule has 0 atom stereocenters. The predicted octanol–water partition coefficient (Wildman–Crippen LogP) is 3.90. The van der Waals surface area contributed by atoms with Crippen molar-refractivity contribution in [1.29, 1.82) is 0 Å². The topological polar surface area (TPSA) is 92.8 Å².